The van der Waals surface area contributed by atoms with Gasteiger partial charge in [-0.05, 0) is 30.7 Å². The quantitative estimate of drug-likeness (QED) is 0.0544. The maximum atomic E-state index is 11.6. The van der Waals surface area contributed by atoms with Crippen LogP contribution in [0.4, 0.5) is 0 Å². The highest BCUT2D eigenvalue weighted by atomic mass is 16.6. The molecule has 0 saturated heterocycles. The molecule has 0 N–H and O–H groups in total. The van der Waals surface area contributed by atoms with Crippen LogP contribution in [0.15, 0.2) is 24.3 Å². The van der Waals surface area contributed by atoms with Gasteiger partial charge in [0.05, 0.1) is 132 Å². The second-order valence-corrected chi connectivity index (χ2v) is 11.0. The van der Waals surface area contributed by atoms with Gasteiger partial charge in [0.2, 0.25) is 0 Å². The number of unbranched alkanes of at least 4 members (excludes halogenated alkanes) is 4. The molecule has 0 radical (unpaired) electrons. The van der Waals surface area contributed by atoms with Crippen LogP contribution in [0.3, 0.4) is 0 Å². The maximum absolute atomic E-state index is 11.6. The fourth-order valence-electron chi connectivity index (χ4n) is 4.10. The highest BCUT2D eigenvalue weighted by molar-refractivity contribution is 5.74. The van der Waals surface area contributed by atoms with E-state index in [1.807, 2.05) is 0 Å². The number of rotatable bonds is 41. The summed E-state index contributed by atoms with van der Waals surface area (Å²) in [6.07, 6.45) is 6.85. The second kappa shape index (κ2) is 39.0. The summed E-state index contributed by atoms with van der Waals surface area (Å²) in [6, 6.07) is 6.93. The molecule has 1 aromatic rings. The molecule has 0 aliphatic carbocycles. The standard InChI is InChI=1S/C37H64O14/c1-2-3-4-5-6-7-37(39)51-33-31-49-29-27-47-25-23-45-21-19-43-17-15-41-13-12-40-14-16-42-18-20-44-22-24-46-26-28-48-30-32-50-36-10-8-35(34-38)9-11-36/h8-11,34H,2-7,12-33H2,1H3. The number of esters is 1. The van der Waals surface area contributed by atoms with Crippen LogP contribution in [-0.2, 0) is 56.9 Å². The minimum Gasteiger partial charge on any atom is -0.491 e. The molecular formula is C37H64O14. The molecule has 0 unspecified atom stereocenters. The Labute approximate surface area is 304 Å². The molecule has 0 aromatic heterocycles. The molecule has 1 rings (SSSR count). The van der Waals surface area contributed by atoms with Gasteiger partial charge in [0.15, 0.2) is 0 Å². The van der Waals surface area contributed by atoms with E-state index in [9.17, 15) is 9.59 Å². The zero-order chi connectivity index (χ0) is 36.6. The first-order chi connectivity index (χ1) is 25.3. The van der Waals surface area contributed by atoms with Crippen molar-refractivity contribution in [1.82, 2.24) is 0 Å². The molecule has 296 valence electrons. The summed E-state index contributed by atoms with van der Waals surface area (Å²) in [4.78, 5) is 22.3. The molecule has 0 aliphatic rings. The van der Waals surface area contributed by atoms with E-state index >= 15 is 0 Å². The van der Waals surface area contributed by atoms with E-state index in [2.05, 4.69) is 6.92 Å². The van der Waals surface area contributed by atoms with E-state index in [1.165, 1.54) is 19.3 Å². The van der Waals surface area contributed by atoms with Crippen LogP contribution in [-0.4, -0.2) is 158 Å². The van der Waals surface area contributed by atoms with Crippen LogP contribution in [0.2, 0.25) is 0 Å². The van der Waals surface area contributed by atoms with Crippen LogP contribution in [0.1, 0.15) is 55.8 Å². The molecule has 0 aliphatic heterocycles. The van der Waals surface area contributed by atoms with Crippen LogP contribution in [0.5, 0.6) is 5.75 Å². The molecule has 14 nitrogen and oxygen atoms in total. The van der Waals surface area contributed by atoms with Gasteiger partial charge in [0.25, 0.3) is 0 Å². The van der Waals surface area contributed by atoms with Crippen molar-refractivity contribution in [3.8, 4) is 5.75 Å². The van der Waals surface area contributed by atoms with Crippen molar-refractivity contribution < 1.29 is 66.4 Å². The van der Waals surface area contributed by atoms with Gasteiger partial charge >= 0.3 is 5.97 Å². The number of carbonyl (C=O) groups excluding carboxylic acids is 2. The van der Waals surface area contributed by atoms with Gasteiger partial charge in [-0.2, -0.15) is 0 Å². The van der Waals surface area contributed by atoms with E-state index in [-0.39, 0.29) is 12.6 Å². The molecule has 0 saturated carbocycles. The summed E-state index contributed by atoms with van der Waals surface area (Å²) in [5, 5.41) is 0. The Balaban J connectivity index is 1.64. The van der Waals surface area contributed by atoms with Crippen LogP contribution in [0, 0.1) is 0 Å². The minimum absolute atomic E-state index is 0.151. The highest BCUT2D eigenvalue weighted by Crippen LogP contribution is 2.10. The summed E-state index contributed by atoms with van der Waals surface area (Å²) in [6.45, 7) is 12.4. The molecular weight excluding hydrogens is 668 g/mol. The molecule has 0 amide bonds. The minimum atomic E-state index is -0.151. The Morgan fingerprint density at radius 1 is 0.451 bits per heavy atom. The summed E-state index contributed by atoms with van der Waals surface area (Å²) < 4.78 is 65.4. The summed E-state index contributed by atoms with van der Waals surface area (Å²) in [5.74, 6) is 0.550. The molecule has 0 atom stereocenters. The largest absolute Gasteiger partial charge is 0.491 e. The Hall–Kier alpha value is -2.24. The summed E-state index contributed by atoms with van der Waals surface area (Å²) >= 11 is 0. The highest BCUT2D eigenvalue weighted by Gasteiger charge is 2.03. The van der Waals surface area contributed by atoms with Gasteiger partial charge in [-0.3, -0.25) is 9.59 Å². The molecule has 0 spiro atoms. The van der Waals surface area contributed by atoms with Gasteiger partial charge in [0.1, 0.15) is 25.2 Å². The number of benzene rings is 1. The zero-order valence-electron chi connectivity index (χ0n) is 30.9. The van der Waals surface area contributed by atoms with E-state index in [0.29, 0.717) is 156 Å². The van der Waals surface area contributed by atoms with E-state index in [4.69, 9.17) is 56.8 Å². The predicted octanol–water partition coefficient (Wildman–Crippen LogP) is 3.95. The van der Waals surface area contributed by atoms with Crippen molar-refractivity contribution in [3.05, 3.63) is 29.8 Å². The van der Waals surface area contributed by atoms with Crippen LogP contribution < -0.4 is 4.74 Å². The smallest absolute Gasteiger partial charge is 0.305 e. The van der Waals surface area contributed by atoms with E-state index in [1.54, 1.807) is 24.3 Å². The van der Waals surface area contributed by atoms with Crippen molar-refractivity contribution in [2.75, 3.05) is 145 Å². The topological polar surface area (TPSA) is 145 Å². The molecule has 0 fully saturated rings. The van der Waals surface area contributed by atoms with Crippen molar-refractivity contribution in [2.45, 2.75) is 45.4 Å². The SMILES string of the molecule is CCCCCCCC(=O)OCCOCCOCCOCCOCCOCCOCCOCCOCCOCCOCCOc1ccc(C=O)cc1. The lowest BCUT2D eigenvalue weighted by atomic mass is 10.1. The lowest BCUT2D eigenvalue weighted by Gasteiger charge is -2.09. The monoisotopic (exact) mass is 732 g/mol. The van der Waals surface area contributed by atoms with Crippen molar-refractivity contribution in [1.29, 1.82) is 0 Å². The first-order valence-corrected chi connectivity index (χ1v) is 18.4. The average molecular weight is 733 g/mol. The van der Waals surface area contributed by atoms with Gasteiger partial charge in [0, 0.05) is 12.0 Å². The first-order valence-electron chi connectivity index (χ1n) is 18.4. The van der Waals surface area contributed by atoms with Crippen molar-refractivity contribution in [2.24, 2.45) is 0 Å². The lowest BCUT2D eigenvalue weighted by molar-refractivity contribution is -0.145. The summed E-state index contributed by atoms with van der Waals surface area (Å²) in [5.41, 5.74) is 0.616. The first kappa shape index (κ1) is 46.8. The average Bonchev–Trinajstić information content (AvgIpc) is 3.15. The van der Waals surface area contributed by atoms with Gasteiger partial charge in [-0.25, -0.2) is 0 Å². The number of carbonyl (C=O) groups is 2. The van der Waals surface area contributed by atoms with Gasteiger partial charge < -0.3 is 56.8 Å². The third-order valence-electron chi connectivity index (χ3n) is 6.84. The predicted molar refractivity (Wildman–Crippen MR) is 190 cm³/mol. The van der Waals surface area contributed by atoms with Crippen LogP contribution in [0.25, 0.3) is 0 Å². The zero-order valence-corrected chi connectivity index (χ0v) is 30.9. The third kappa shape index (κ3) is 34.6. The van der Waals surface area contributed by atoms with E-state index in [0.717, 1.165) is 19.1 Å². The maximum Gasteiger partial charge on any atom is 0.305 e. The molecule has 14 heteroatoms. The number of hydrogen-bond donors (Lipinski definition) is 0. The van der Waals surface area contributed by atoms with Crippen molar-refractivity contribution in [3.63, 3.8) is 0 Å². The fourth-order valence-corrected chi connectivity index (χ4v) is 4.10. The molecule has 51 heavy (non-hydrogen) atoms. The molecule has 0 bridgehead atoms. The molecule has 1 aromatic carbocycles. The lowest BCUT2D eigenvalue weighted by Crippen LogP contribution is -2.15. The normalized spacial score (nSPS) is 11.2. The Bertz CT molecular complexity index is 873. The Morgan fingerprint density at radius 2 is 0.784 bits per heavy atom. The number of hydrogen-bond acceptors (Lipinski definition) is 14. The summed E-state index contributed by atoms with van der Waals surface area (Å²) in [7, 11) is 0. The molecule has 0 heterocycles. The van der Waals surface area contributed by atoms with Gasteiger partial charge in [-0.15, -0.1) is 0 Å². The number of ether oxygens (including phenoxy) is 12. The third-order valence-corrected chi connectivity index (χ3v) is 6.84. The number of aldehydes is 1. The van der Waals surface area contributed by atoms with Crippen LogP contribution >= 0.6 is 0 Å². The van der Waals surface area contributed by atoms with E-state index < -0.39 is 0 Å². The van der Waals surface area contributed by atoms with Gasteiger partial charge in [-0.1, -0.05) is 32.6 Å². The second-order valence-electron chi connectivity index (χ2n) is 11.0. The Morgan fingerprint density at radius 3 is 1.14 bits per heavy atom. The fraction of sp³-hybridized carbons (Fsp3) is 0.784. The Kier molecular flexibility index (Phi) is 35.8. The van der Waals surface area contributed by atoms with Crippen molar-refractivity contribution >= 4 is 12.3 Å².